The highest BCUT2D eigenvalue weighted by molar-refractivity contribution is 7.12. The average molecular weight is 289 g/mol. The van der Waals surface area contributed by atoms with Gasteiger partial charge < -0.3 is 9.47 Å². The third-order valence-corrected chi connectivity index (χ3v) is 4.99. The number of carbonyl (C=O) groups is 1. The molecule has 2 aromatic rings. The van der Waals surface area contributed by atoms with Gasteiger partial charge in [-0.25, -0.2) is 4.98 Å². The van der Waals surface area contributed by atoms with Gasteiger partial charge in [0.2, 0.25) is 0 Å². The lowest BCUT2D eigenvalue weighted by Crippen LogP contribution is -2.34. The van der Waals surface area contributed by atoms with Crippen LogP contribution in [-0.4, -0.2) is 34.0 Å². The summed E-state index contributed by atoms with van der Waals surface area (Å²) in [6.45, 7) is 3.82. The fraction of sp³-hybridized carbons (Fsp3) is 0.467. The fourth-order valence-corrected chi connectivity index (χ4v) is 3.73. The van der Waals surface area contributed by atoms with Crippen LogP contribution in [0.4, 0.5) is 0 Å². The molecule has 1 aliphatic rings. The first kappa shape index (κ1) is 13.4. The molecule has 2 aromatic heterocycles. The average Bonchev–Trinajstić information content (AvgIpc) is 3.05. The van der Waals surface area contributed by atoms with Crippen LogP contribution in [0.15, 0.2) is 23.8 Å². The number of aryl methyl sites for hydroxylation is 2. The first-order chi connectivity index (χ1) is 9.65. The van der Waals surface area contributed by atoms with Crippen molar-refractivity contribution in [3.63, 3.8) is 0 Å². The first-order valence-electron chi connectivity index (χ1n) is 6.94. The summed E-state index contributed by atoms with van der Waals surface area (Å²) in [7, 11) is 1.91. The summed E-state index contributed by atoms with van der Waals surface area (Å²) in [5, 5.41) is 1.98. The van der Waals surface area contributed by atoms with Gasteiger partial charge in [-0.3, -0.25) is 4.79 Å². The van der Waals surface area contributed by atoms with Crippen molar-refractivity contribution in [3.05, 3.63) is 40.1 Å². The number of hydrogen-bond acceptors (Lipinski definition) is 3. The van der Waals surface area contributed by atoms with E-state index in [0.717, 1.165) is 42.2 Å². The van der Waals surface area contributed by atoms with Crippen molar-refractivity contribution in [2.45, 2.75) is 26.3 Å². The van der Waals surface area contributed by atoms with E-state index in [0.29, 0.717) is 5.92 Å². The molecule has 0 aliphatic carbocycles. The Hall–Kier alpha value is -1.62. The zero-order valence-corrected chi connectivity index (χ0v) is 12.7. The van der Waals surface area contributed by atoms with Crippen molar-refractivity contribution in [1.29, 1.82) is 0 Å². The lowest BCUT2D eigenvalue weighted by Gasteiger charge is -2.27. The number of nitrogens with zero attached hydrogens (tertiary/aromatic N) is 3. The number of aromatic nitrogens is 2. The van der Waals surface area contributed by atoms with Crippen LogP contribution in [0.25, 0.3) is 0 Å². The van der Waals surface area contributed by atoms with Gasteiger partial charge in [0.25, 0.3) is 5.91 Å². The number of amides is 1. The van der Waals surface area contributed by atoms with Gasteiger partial charge in [0.15, 0.2) is 0 Å². The first-order valence-corrected chi connectivity index (χ1v) is 7.82. The fourth-order valence-electron chi connectivity index (χ4n) is 2.81. The summed E-state index contributed by atoms with van der Waals surface area (Å²) >= 11 is 1.53. The minimum Gasteiger partial charge on any atom is -0.341 e. The van der Waals surface area contributed by atoms with Gasteiger partial charge >= 0.3 is 0 Å². The van der Waals surface area contributed by atoms with Crippen LogP contribution < -0.4 is 0 Å². The molecule has 3 rings (SSSR count). The van der Waals surface area contributed by atoms with E-state index in [1.165, 1.54) is 11.3 Å². The van der Waals surface area contributed by atoms with E-state index in [1.807, 2.05) is 42.7 Å². The van der Waals surface area contributed by atoms with Crippen molar-refractivity contribution in [1.82, 2.24) is 14.5 Å². The molecule has 4 nitrogen and oxygen atoms in total. The standard InChI is InChI=1S/C15H19N3OS/c1-11-4-8-20-14(11)15(19)17(2)10-12-3-6-18-7-5-16-13(18)9-12/h4-5,7-8,12H,3,6,9-10H2,1-2H3. The number of imidazole rings is 1. The largest absolute Gasteiger partial charge is 0.341 e. The SMILES string of the molecule is Cc1ccsc1C(=O)N(C)CC1CCn2ccnc2C1. The van der Waals surface area contributed by atoms with Crippen LogP contribution in [0.2, 0.25) is 0 Å². The highest BCUT2D eigenvalue weighted by Gasteiger charge is 2.23. The molecule has 3 heterocycles. The molecule has 0 N–H and O–H groups in total. The predicted octanol–water partition coefficient (Wildman–Crippen LogP) is 2.59. The normalized spacial score (nSPS) is 17.8. The van der Waals surface area contributed by atoms with Crippen molar-refractivity contribution in [3.8, 4) is 0 Å². The van der Waals surface area contributed by atoms with Gasteiger partial charge in [-0.1, -0.05) is 0 Å². The molecule has 0 radical (unpaired) electrons. The number of rotatable bonds is 3. The van der Waals surface area contributed by atoms with E-state index in [-0.39, 0.29) is 5.91 Å². The Morgan fingerprint density at radius 2 is 2.45 bits per heavy atom. The predicted molar refractivity (Wildman–Crippen MR) is 80.1 cm³/mol. The maximum Gasteiger partial charge on any atom is 0.263 e. The molecule has 5 heteroatoms. The quantitative estimate of drug-likeness (QED) is 0.871. The maximum atomic E-state index is 12.4. The topological polar surface area (TPSA) is 38.1 Å². The minimum atomic E-state index is 0.145. The summed E-state index contributed by atoms with van der Waals surface area (Å²) < 4.78 is 2.21. The monoisotopic (exact) mass is 289 g/mol. The molecule has 0 saturated carbocycles. The number of thiophene rings is 1. The molecule has 1 aliphatic heterocycles. The molecule has 1 amide bonds. The highest BCUT2D eigenvalue weighted by Crippen LogP contribution is 2.22. The van der Waals surface area contributed by atoms with Crippen LogP contribution in [0.1, 0.15) is 27.5 Å². The van der Waals surface area contributed by atoms with Crippen molar-refractivity contribution < 1.29 is 4.79 Å². The van der Waals surface area contributed by atoms with E-state index >= 15 is 0 Å². The molecular formula is C15H19N3OS. The van der Waals surface area contributed by atoms with Gasteiger partial charge in [0.05, 0.1) is 4.88 Å². The highest BCUT2D eigenvalue weighted by atomic mass is 32.1. The van der Waals surface area contributed by atoms with Crippen LogP contribution in [0.5, 0.6) is 0 Å². The Morgan fingerprint density at radius 3 is 3.20 bits per heavy atom. The van der Waals surface area contributed by atoms with Gasteiger partial charge in [-0.2, -0.15) is 0 Å². The summed E-state index contributed by atoms with van der Waals surface area (Å²) in [5.41, 5.74) is 1.08. The molecular weight excluding hydrogens is 270 g/mol. The molecule has 1 atom stereocenters. The summed E-state index contributed by atoms with van der Waals surface area (Å²) in [6, 6.07) is 2.00. The zero-order valence-electron chi connectivity index (χ0n) is 11.9. The van der Waals surface area contributed by atoms with Crippen LogP contribution in [0.3, 0.4) is 0 Å². The van der Waals surface area contributed by atoms with Crippen molar-refractivity contribution in [2.75, 3.05) is 13.6 Å². The van der Waals surface area contributed by atoms with Crippen molar-refractivity contribution >= 4 is 17.2 Å². The number of hydrogen-bond donors (Lipinski definition) is 0. The van der Waals surface area contributed by atoms with Gasteiger partial charge in [0, 0.05) is 39.0 Å². The molecule has 20 heavy (non-hydrogen) atoms. The number of carbonyl (C=O) groups excluding carboxylic acids is 1. The van der Waals surface area contributed by atoms with Gasteiger partial charge in [-0.05, 0) is 36.3 Å². The lowest BCUT2D eigenvalue weighted by molar-refractivity contribution is 0.0768. The Labute approximate surface area is 123 Å². The molecule has 0 bridgehead atoms. The summed E-state index contributed by atoms with van der Waals surface area (Å²) in [6.07, 6.45) is 5.98. The van der Waals surface area contributed by atoms with E-state index in [1.54, 1.807) is 0 Å². The van der Waals surface area contributed by atoms with Crippen LogP contribution in [0, 0.1) is 12.8 Å². The Morgan fingerprint density at radius 1 is 1.60 bits per heavy atom. The zero-order chi connectivity index (χ0) is 14.1. The second kappa shape index (κ2) is 5.40. The second-order valence-electron chi connectivity index (χ2n) is 5.51. The van der Waals surface area contributed by atoms with E-state index in [4.69, 9.17) is 0 Å². The second-order valence-corrected chi connectivity index (χ2v) is 6.43. The van der Waals surface area contributed by atoms with E-state index in [9.17, 15) is 4.79 Å². The molecule has 106 valence electrons. The minimum absolute atomic E-state index is 0.145. The Kier molecular flexibility index (Phi) is 3.61. The molecule has 0 saturated heterocycles. The maximum absolute atomic E-state index is 12.4. The van der Waals surface area contributed by atoms with Crippen LogP contribution in [-0.2, 0) is 13.0 Å². The molecule has 0 fully saturated rings. The third kappa shape index (κ3) is 2.50. The smallest absolute Gasteiger partial charge is 0.263 e. The third-order valence-electron chi connectivity index (χ3n) is 3.99. The summed E-state index contributed by atoms with van der Waals surface area (Å²) in [5.74, 6) is 1.81. The van der Waals surface area contributed by atoms with Gasteiger partial charge in [0.1, 0.15) is 5.82 Å². The molecule has 0 aromatic carbocycles. The van der Waals surface area contributed by atoms with Crippen molar-refractivity contribution in [2.24, 2.45) is 5.92 Å². The van der Waals surface area contributed by atoms with E-state index in [2.05, 4.69) is 9.55 Å². The Bertz CT molecular complexity index is 616. The Balaban J connectivity index is 1.64. The number of fused-ring (bicyclic) bond motifs is 1. The lowest BCUT2D eigenvalue weighted by atomic mass is 9.97. The molecule has 0 spiro atoms. The molecule has 1 unspecified atom stereocenters. The van der Waals surface area contributed by atoms with Gasteiger partial charge in [-0.15, -0.1) is 11.3 Å². The van der Waals surface area contributed by atoms with Crippen LogP contribution >= 0.6 is 11.3 Å². The summed E-state index contributed by atoms with van der Waals surface area (Å²) in [4.78, 5) is 19.5. The van der Waals surface area contributed by atoms with E-state index < -0.39 is 0 Å².